The molecule has 0 spiro atoms. The Kier molecular flexibility index (Phi) is 4.43. The predicted octanol–water partition coefficient (Wildman–Crippen LogP) is 1.90. The molecule has 1 atom stereocenters. The van der Waals surface area contributed by atoms with Crippen molar-refractivity contribution in [2.45, 2.75) is 12.5 Å². The molecule has 0 bridgehead atoms. The third-order valence-electron chi connectivity index (χ3n) is 3.53. The summed E-state index contributed by atoms with van der Waals surface area (Å²) in [5, 5.41) is 4.68. The molecule has 2 aromatic rings. The quantitative estimate of drug-likeness (QED) is 0.906. The summed E-state index contributed by atoms with van der Waals surface area (Å²) >= 11 is 6.02. The van der Waals surface area contributed by atoms with E-state index in [2.05, 4.69) is 10.3 Å². The van der Waals surface area contributed by atoms with Crippen LogP contribution in [0.5, 0.6) is 0 Å². The molecule has 2 N–H and O–H groups in total. The molecule has 1 saturated heterocycles. The molecule has 1 aliphatic heterocycles. The monoisotopic (exact) mass is 308 g/mol. The van der Waals surface area contributed by atoms with Gasteiger partial charge in [-0.05, 0) is 30.2 Å². The van der Waals surface area contributed by atoms with Gasteiger partial charge in [-0.1, -0.05) is 11.6 Å². The van der Waals surface area contributed by atoms with Crippen molar-refractivity contribution in [1.29, 1.82) is 0 Å². The minimum absolute atomic E-state index is 0.118. The normalized spacial score (nSPS) is 18.8. The van der Waals surface area contributed by atoms with Gasteiger partial charge in [-0.3, -0.25) is 4.79 Å². The molecular formula is C15H17ClN2O3. The van der Waals surface area contributed by atoms with E-state index in [0.717, 1.165) is 22.9 Å². The minimum Gasteiger partial charge on any atom is -0.376 e. The number of amides is 1. The fraction of sp³-hybridized carbons (Fsp3) is 0.400. The van der Waals surface area contributed by atoms with Crippen LogP contribution in [-0.2, 0) is 20.7 Å². The standard InChI is InChI=1S/C15H17ClN2O3/c16-11-1-2-13-12(7-11)10(8-18-13)3-4-17-15(19)14-9-20-5-6-21-14/h1-2,7-8,14,18H,3-6,9H2,(H,17,19)/t14-/m1/s1. The Bertz CT molecular complexity index is 635. The molecule has 0 saturated carbocycles. The molecule has 1 aliphatic rings. The summed E-state index contributed by atoms with van der Waals surface area (Å²) in [5.41, 5.74) is 2.18. The first kappa shape index (κ1) is 14.4. The van der Waals surface area contributed by atoms with Crippen LogP contribution in [0.25, 0.3) is 10.9 Å². The van der Waals surface area contributed by atoms with E-state index in [-0.39, 0.29) is 5.91 Å². The highest BCUT2D eigenvalue weighted by atomic mass is 35.5. The number of hydrogen-bond acceptors (Lipinski definition) is 3. The highest BCUT2D eigenvalue weighted by Gasteiger charge is 2.22. The van der Waals surface area contributed by atoms with Crippen molar-refractivity contribution in [3.05, 3.63) is 35.0 Å². The number of halogens is 1. The van der Waals surface area contributed by atoms with Crippen LogP contribution < -0.4 is 5.32 Å². The maximum Gasteiger partial charge on any atom is 0.251 e. The van der Waals surface area contributed by atoms with E-state index in [1.807, 2.05) is 24.4 Å². The van der Waals surface area contributed by atoms with Crippen LogP contribution in [0.2, 0.25) is 5.02 Å². The molecule has 3 rings (SSSR count). The Labute approximate surface area is 127 Å². The molecule has 1 fully saturated rings. The number of H-pyrrole nitrogens is 1. The number of nitrogens with one attached hydrogen (secondary N) is 2. The molecule has 2 heterocycles. The average Bonchev–Trinajstić information content (AvgIpc) is 2.90. The van der Waals surface area contributed by atoms with Crippen LogP contribution in [0.4, 0.5) is 0 Å². The fourth-order valence-electron chi connectivity index (χ4n) is 2.43. The van der Waals surface area contributed by atoms with E-state index in [1.54, 1.807) is 0 Å². The van der Waals surface area contributed by atoms with Crippen molar-refractivity contribution in [2.24, 2.45) is 0 Å². The summed E-state index contributed by atoms with van der Waals surface area (Å²) in [6.45, 7) is 1.91. The highest BCUT2D eigenvalue weighted by molar-refractivity contribution is 6.31. The smallest absolute Gasteiger partial charge is 0.251 e. The Morgan fingerprint density at radius 3 is 3.14 bits per heavy atom. The molecule has 21 heavy (non-hydrogen) atoms. The predicted molar refractivity (Wildman–Crippen MR) is 80.6 cm³/mol. The average molecular weight is 309 g/mol. The van der Waals surface area contributed by atoms with Crippen molar-refractivity contribution < 1.29 is 14.3 Å². The molecule has 5 nitrogen and oxygen atoms in total. The second kappa shape index (κ2) is 6.47. The molecule has 0 radical (unpaired) electrons. The summed E-state index contributed by atoms with van der Waals surface area (Å²) < 4.78 is 10.6. The third-order valence-corrected chi connectivity index (χ3v) is 3.77. The van der Waals surface area contributed by atoms with Crippen LogP contribution in [0, 0.1) is 0 Å². The summed E-state index contributed by atoms with van der Waals surface area (Å²) in [4.78, 5) is 15.1. The van der Waals surface area contributed by atoms with Crippen LogP contribution >= 0.6 is 11.6 Å². The van der Waals surface area contributed by atoms with Crippen LogP contribution in [-0.4, -0.2) is 43.4 Å². The zero-order valence-corrected chi connectivity index (χ0v) is 12.3. The highest BCUT2D eigenvalue weighted by Crippen LogP contribution is 2.22. The molecule has 1 amide bonds. The van der Waals surface area contributed by atoms with Crippen molar-refractivity contribution >= 4 is 28.4 Å². The van der Waals surface area contributed by atoms with E-state index in [0.29, 0.717) is 31.4 Å². The lowest BCUT2D eigenvalue weighted by molar-refractivity contribution is -0.147. The van der Waals surface area contributed by atoms with Gasteiger partial charge in [-0.15, -0.1) is 0 Å². The fourth-order valence-corrected chi connectivity index (χ4v) is 2.60. The Balaban J connectivity index is 1.56. The van der Waals surface area contributed by atoms with E-state index < -0.39 is 6.10 Å². The largest absolute Gasteiger partial charge is 0.376 e. The lowest BCUT2D eigenvalue weighted by Gasteiger charge is -2.21. The SMILES string of the molecule is O=C(NCCc1c[nH]c2ccc(Cl)cc12)[C@H]1COCCO1. The van der Waals surface area contributed by atoms with Gasteiger partial charge in [0.05, 0.1) is 19.8 Å². The summed E-state index contributed by atoms with van der Waals surface area (Å²) in [6.07, 6.45) is 2.20. The Morgan fingerprint density at radius 2 is 2.33 bits per heavy atom. The number of fused-ring (bicyclic) bond motifs is 1. The first-order chi connectivity index (χ1) is 10.2. The number of aromatic amines is 1. The van der Waals surface area contributed by atoms with E-state index in [9.17, 15) is 4.79 Å². The van der Waals surface area contributed by atoms with Gasteiger partial charge in [-0.2, -0.15) is 0 Å². The van der Waals surface area contributed by atoms with Gasteiger partial charge >= 0.3 is 0 Å². The van der Waals surface area contributed by atoms with Gasteiger partial charge < -0.3 is 19.8 Å². The van der Waals surface area contributed by atoms with Gasteiger partial charge in [0, 0.05) is 28.7 Å². The molecule has 6 heteroatoms. The number of aromatic nitrogens is 1. The number of rotatable bonds is 4. The first-order valence-electron chi connectivity index (χ1n) is 6.96. The van der Waals surface area contributed by atoms with Gasteiger partial charge in [0.25, 0.3) is 5.91 Å². The Morgan fingerprint density at radius 1 is 1.43 bits per heavy atom. The van der Waals surface area contributed by atoms with Gasteiger partial charge in [-0.25, -0.2) is 0 Å². The second-order valence-electron chi connectivity index (χ2n) is 4.98. The first-order valence-corrected chi connectivity index (χ1v) is 7.34. The van der Waals surface area contributed by atoms with Crippen molar-refractivity contribution in [3.63, 3.8) is 0 Å². The number of carbonyl (C=O) groups excluding carboxylic acids is 1. The van der Waals surface area contributed by atoms with Crippen molar-refractivity contribution in [2.75, 3.05) is 26.4 Å². The molecular weight excluding hydrogens is 292 g/mol. The zero-order chi connectivity index (χ0) is 14.7. The van der Waals surface area contributed by atoms with E-state index in [4.69, 9.17) is 21.1 Å². The van der Waals surface area contributed by atoms with Crippen LogP contribution in [0.3, 0.4) is 0 Å². The number of benzene rings is 1. The van der Waals surface area contributed by atoms with Crippen LogP contribution in [0.1, 0.15) is 5.56 Å². The van der Waals surface area contributed by atoms with Crippen molar-refractivity contribution in [3.8, 4) is 0 Å². The zero-order valence-electron chi connectivity index (χ0n) is 11.5. The lowest BCUT2D eigenvalue weighted by Crippen LogP contribution is -2.43. The van der Waals surface area contributed by atoms with Crippen LogP contribution in [0.15, 0.2) is 24.4 Å². The molecule has 1 aromatic carbocycles. The maximum atomic E-state index is 11.9. The summed E-state index contributed by atoms with van der Waals surface area (Å²) in [5.74, 6) is -0.118. The number of ether oxygens (including phenoxy) is 2. The van der Waals surface area contributed by atoms with Gasteiger partial charge in [0.2, 0.25) is 0 Å². The topological polar surface area (TPSA) is 63.4 Å². The van der Waals surface area contributed by atoms with Gasteiger partial charge in [0.15, 0.2) is 6.10 Å². The molecule has 112 valence electrons. The molecule has 0 aliphatic carbocycles. The number of carbonyl (C=O) groups is 1. The van der Waals surface area contributed by atoms with E-state index in [1.165, 1.54) is 0 Å². The number of hydrogen-bond donors (Lipinski definition) is 2. The molecule has 0 unspecified atom stereocenters. The van der Waals surface area contributed by atoms with Crippen molar-refractivity contribution in [1.82, 2.24) is 10.3 Å². The second-order valence-corrected chi connectivity index (χ2v) is 5.42. The third kappa shape index (κ3) is 3.37. The minimum atomic E-state index is -0.490. The van der Waals surface area contributed by atoms with E-state index >= 15 is 0 Å². The Hall–Kier alpha value is -1.56. The summed E-state index contributed by atoms with van der Waals surface area (Å²) in [6, 6.07) is 5.74. The lowest BCUT2D eigenvalue weighted by atomic mass is 10.1. The van der Waals surface area contributed by atoms with Gasteiger partial charge in [0.1, 0.15) is 0 Å². The maximum absolute atomic E-state index is 11.9. The molecule has 1 aromatic heterocycles. The summed E-state index contributed by atoms with van der Waals surface area (Å²) in [7, 11) is 0.